The molecule has 0 aliphatic carbocycles. The smallest absolute Gasteiger partial charge is 0.315 e. The molecular weight excluding hydrogens is 248 g/mol. The molecule has 0 bridgehead atoms. The molecule has 110 valence electrons. The fourth-order valence-corrected chi connectivity index (χ4v) is 2.47. The lowest BCUT2D eigenvalue weighted by molar-refractivity contribution is -0.142. The summed E-state index contributed by atoms with van der Waals surface area (Å²) in [6, 6.07) is -0.701. The number of ether oxygens (including phenoxy) is 1. The zero-order valence-electron chi connectivity index (χ0n) is 11.8. The number of carbonyl (C=O) groups is 2. The lowest BCUT2D eigenvalue weighted by atomic mass is 9.96. The van der Waals surface area contributed by atoms with E-state index in [0.29, 0.717) is 5.92 Å². The van der Waals surface area contributed by atoms with E-state index in [4.69, 9.17) is 9.84 Å². The summed E-state index contributed by atoms with van der Waals surface area (Å²) in [7, 11) is 0. The van der Waals surface area contributed by atoms with Crippen LogP contribution in [0.15, 0.2) is 0 Å². The number of aliphatic carboxylic acids is 1. The van der Waals surface area contributed by atoms with Gasteiger partial charge in [-0.2, -0.15) is 0 Å². The van der Waals surface area contributed by atoms with Gasteiger partial charge in [0.15, 0.2) is 0 Å². The molecule has 1 aliphatic rings. The van der Waals surface area contributed by atoms with Gasteiger partial charge in [0.1, 0.15) is 5.92 Å². The van der Waals surface area contributed by atoms with Crippen LogP contribution in [-0.4, -0.2) is 42.4 Å². The van der Waals surface area contributed by atoms with Gasteiger partial charge in [-0.15, -0.1) is 0 Å². The van der Waals surface area contributed by atoms with Gasteiger partial charge < -0.3 is 20.5 Å². The molecule has 3 atom stereocenters. The van der Waals surface area contributed by atoms with E-state index in [-0.39, 0.29) is 25.3 Å². The third-order valence-electron chi connectivity index (χ3n) is 3.83. The van der Waals surface area contributed by atoms with Crippen LogP contribution in [0.4, 0.5) is 4.79 Å². The van der Waals surface area contributed by atoms with Crippen molar-refractivity contribution < 1.29 is 19.4 Å². The van der Waals surface area contributed by atoms with Gasteiger partial charge in [-0.1, -0.05) is 26.7 Å². The van der Waals surface area contributed by atoms with Gasteiger partial charge in [-0.3, -0.25) is 4.79 Å². The van der Waals surface area contributed by atoms with Crippen molar-refractivity contribution in [3.63, 3.8) is 0 Å². The number of carboxylic acids is 1. The Morgan fingerprint density at radius 2 is 1.95 bits per heavy atom. The molecule has 19 heavy (non-hydrogen) atoms. The van der Waals surface area contributed by atoms with Crippen LogP contribution in [0.2, 0.25) is 0 Å². The molecule has 1 saturated heterocycles. The third-order valence-corrected chi connectivity index (χ3v) is 3.83. The highest BCUT2D eigenvalue weighted by molar-refractivity contribution is 5.77. The predicted molar refractivity (Wildman–Crippen MR) is 70.9 cm³/mol. The van der Waals surface area contributed by atoms with Crippen molar-refractivity contribution in [1.29, 1.82) is 0 Å². The molecule has 1 rings (SSSR count). The van der Waals surface area contributed by atoms with Crippen molar-refractivity contribution in [2.45, 2.75) is 45.7 Å². The number of carboxylic acid groups (broad SMARTS) is 1. The molecule has 1 fully saturated rings. The van der Waals surface area contributed by atoms with Gasteiger partial charge in [0.25, 0.3) is 0 Å². The minimum Gasteiger partial charge on any atom is -0.481 e. The maximum absolute atomic E-state index is 11.8. The first-order chi connectivity index (χ1) is 8.99. The summed E-state index contributed by atoms with van der Waals surface area (Å²) < 4.78 is 5.10. The second kappa shape index (κ2) is 7.33. The summed E-state index contributed by atoms with van der Waals surface area (Å²) in [5.74, 6) is -1.16. The van der Waals surface area contributed by atoms with Crippen molar-refractivity contribution in [3.8, 4) is 0 Å². The van der Waals surface area contributed by atoms with Crippen LogP contribution in [0.1, 0.15) is 33.6 Å². The van der Waals surface area contributed by atoms with Gasteiger partial charge in [0, 0.05) is 6.04 Å². The van der Waals surface area contributed by atoms with E-state index in [1.165, 1.54) is 0 Å². The third kappa shape index (κ3) is 4.38. The van der Waals surface area contributed by atoms with Crippen LogP contribution in [0.25, 0.3) is 0 Å². The topological polar surface area (TPSA) is 87.7 Å². The first kappa shape index (κ1) is 15.8. The van der Waals surface area contributed by atoms with Crippen LogP contribution in [0, 0.1) is 11.8 Å². The highest BCUT2D eigenvalue weighted by Crippen LogP contribution is 2.15. The van der Waals surface area contributed by atoms with Crippen LogP contribution in [-0.2, 0) is 9.53 Å². The summed E-state index contributed by atoms with van der Waals surface area (Å²) in [6.45, 7) is 6.56. The first-order valence-electron chi connectivity index (χ1n) is 6.87. The molecule has 0 aromatic carbocycles. The molecule has 3 N–H and O–H groups in total. The number of urea groups is 1. The first-order valence-corrected chi connectivity index (χ1v) is 6.87. The van der Waals surface area contributed by atoms with Crippen LogP contribution >= 0.6 is 0 Å². The maximum atomic E-state index is 11.8. The van der Waals surface area contributed by atoms with E-state index in [9.17, 15) is 9.59 Å². The summed E-state index contributed by atoms with van der Waals surface area (Å²) in [5, 5.41) is 14.5. The Bertz CT molecular complexity index is 318. The maximum Gasteiger partial charge on any atom is 0.315 e. The molecule has 2 amide bonds. The monoisotopic (exact) mass is 272 g/mol. The lowest BCUT2D eigenvalue weighted by Crippen LogP contribution is -2.50. The van der Waals surface area contributed by atoms with Gasteiger partial charge in [0.05, 0.1) is 19.3 Å². The molecule has 0 spiro atoms. The zero-order valence-corrected chi connectivity index (χ0v) is 11.8. The minimum atomic E-state index is -0.934. The Labute approximate surface area is 113 Å². The zero-order chi connectivity index (χ0) is 14.4. The molecule has 0 radical (unpaired) electrons. The molecule has 1 heterocycles. The average Bonchev–Trinajstić information content (AvgIpc) is 2.78. The van der Waals surface area contributed by atoms with Crippen molar-refractivity contribution >= 4 is 12.0 Å². The van der Waals surface area contributed by atoms with Crippen molar-refractivity contribution in [2.75, 3.05) is 13.2 Å². The van der Waals surface area contributed by atoms with Gasteiger partial charge >= 0.3 is 12.0 Å². The van der Waals surface area contributed by atoms with Crippen LogP contribution < -0.4 is 10.6 Å². The number of nitrogens with one attached hydrogen (secondary N) is 2. The summed E-state index contributed by atoms with van der Waals surface area (Å²) in [5.41, 5.74) is 0. The normalized spacial score (nSPS) is 24.2. The summed E-state index contributed by atoms with van der Waals surface area (Å²) in [4.78, 5) is 22.8. The molecule has 6 nitrogen and oxygen atoms in total. The number of amides is 2. The SMILES string of the molecule is CCC(CC)C(C)NC(=O)NC1COCC1C(=O)O. The largest absolute Gasteiger partial charge is 0.481 e. The van der Waals surface area contributed by atoms with Gasteiger partial charge in [0.2, 0.25) is 0 Å². The Morgan fingerprint density at radius 3 is 2.47 bits per heavy atom. The second-order valence-electron chi connectivity index (χ2n) is 5.07. The molecular formula is C13H24N2O4. The highest BCUT2D eigenvalue weighted by atomic mass is 16.5. The standard InChI is InChI=1S/C13H24N2O4/c1-4-9(5-2)8(3)14-13(18)15-11-7-19-6-10(11)12(16)17/h8-11H,4-7H2,1-3H3,(H,16,17)(H2,14,15,18). The number of rotatable bonds is 6. The number of carbonyl (C=O) groups excluding carboxylic acids is 1. The van der Waals surface area contributed by atoms with Gasteiger partial charge in [-0.25, -0.2) is 4.79 Å². The molecule has 0 aromatic heterocycles. The fourth-order valence-electron chi connectivity index (χ4n) is 2.47. The number of hydrogen-bond acceptors (Lipinski definition) is 3. The molecule has 6 heteroatoms. The molecule has 0 aromatic rings. The van der Waals surface area contributed by atoms with E-state index in [1.807, 2.05) is 6.92 Å². The van der Waals surface area contributed by atoms with E-state index in [0.717, 1.165) is 12.8 Å². The average molecular weight is 272 g/mol. The quantitative estimate of drug-likeness (QED) is 0.678. The second-order valence-corrected chi connectivity index (χ2v) is 5.07. The van der Waals surface area contributed by atoms with Crippen LogP contribution in [0.3, 0.4) is 0 Å². The van der Waals surface area contributed by atoms with E-state index in [1.54, 1.807) is 0 Å². The van der Waals surface area contributed by atoms with Crippen LogP contribution in [0.5, 0.6) is 0 Å². The Morgan fingerprint density at radius 1 is 1.32 bits per heavy atom. The van der Waals surface area contributed by atoms with Crippen molar-refractivity contribution in [2.24, 2.45) is 11.8 Å². The lowest BCUT2D eigenvalue weighted by Gasteiger charge is -2.24. The van der Waals surface area contributed by atoms with E-state index < -0.39 is 17.9 Å². The highest BCUT2D eigenvalue weighted by Gasteiger charge is 2.35. The minimum absolute atomic E-state index is 0.0700. The molecule has 1 aliphatic heterocycles. The number of hydrogen-bond donors (Lipinski definition) is 3. The summed E-state index contributed by atoms with van der Waals surface area (Å²) in [6.07, 6.45) is 2.00. The summed E-state index contributed by atoms with van der Waals surface area (Å²) >= 11 is 0. The Kier molecular flexibility index (Phi) is 6.08. The van der Waals surface area contributed by atoms with E-state index in [2.05, 4.69) is 24.5 Å². The molecule has 3 unspecified atom stereocenters. The molecule has 0 saturated carbocycles. The van der Waals surface area contributed by atoms with Crippen molar-refractivity contribution in [3.05, 3.63) is 0 Å². The van der Waals surface area contributed by atoms with Crippen molar-refractivity contribution in [1.82, 2.24) is 10.6 Å². The fraction of sp³-hybridized carbons (Fsp3) is 0.846. The predicted octanol–water partition coefficient (Wildman–Crippen LogP) is 1.21. The van der Waals surface area contributed by atoms with E-state index >= 15 is 0 Å². The Hall–Kier alpha value is -1.30. The van der Waals surface area contributed by atoms with Gasteiger partial charge in [-0.05, 0) is 12.8 Å². The Balaban J connectivity index is 2.44.